The first-order valence-electron chi connectivity index (χ1n) is 6.94. The summed E-state index contributed by atoms with van der Waals surface area (Å²) in [6, 6.07) is 0.616. The lowest BCUT2D eigenvalue weighted by atomic mass is 10.1. The third-order valence-corrected chi connectivity index (χ3v) is 6.28. The molecule has 0 aromatic heterocycles. The molecule has 1 aliphatic rings. The molecule has 1 rings (SSSR count). The zero-order valence-electron chi connectivity index (χ0n) is 12.2. The van der Waals surface area contributed by atoms with Gasteiger partial charge in [-0.25, -0.2) is 8.42 Å². The molecule has 0 saturated carbocycles. The number of nitrogens with zero attached hydrogens (tertiary/aromatic N) is 1. The summed E-state index contributed by atoms with van der Waals surface area (Å²) in [5.41, 5.74) is 0. The molecule has 1 fully saturated rings. The first-order valence-corrected chi connectivity index (χ1v) is 8.59. The lowest BCUT2D eigenvalue weighted by molar-refractivity contribution is 0.208. The van der Waals surface area contributed by atoms with Crippen LogP contribution in [0.15, 0.2) is 0 Å². The monoisotopic (exact) mass is 276 g/mol. The zero-order valence-corrected chi connectivity index (χ0v) is 13.0. The normalized spacial score (nSPS) is 20.2. The first kappa shape index (κ1) is 15.9. The fraction of sp³-hybridized carbons (Fsp3) is 1.00. The van der Waals surface area contributed by atoms with Gasteiger partial charge in [0.15, 0.2) is 9.84 Å². The van der Waals surface area contributed by atoms with E-state index in [0.717, 1.165) is 32.5 Å². The van der Waals surface area contributed by atoms with Crippen molar-refractivity contribution in [1.82, 2.24) is 10.2 Å². The first-order chi connectivity index (χ1) is 8.26. The second-order valence-corrected chi connectivity index (χ2v) is 8.97. The minimum Gasteiger partial charge on any atom is -0.314 e. The highest BCUT2D eigenvalue weighted by atomic mass is 32.2. The molecule has 0 aromatic rings. The number of sulfone groups is 1. The Kier molecular flexibility index (Phi) is 5.62. The van der Waals surface area contributed by atoms with Crippen molar-refractivity contribution in [2.24, 2.45) is 0 Å². The van der Waals surface area contributed by atoms with Gasteiger partial charge in [-0.2, -0.15) is 0 Å². The van der Waals surface area contributed by atoms with E-state index in [9.17, 15) is 8.42 Å². The molecule has 1 aliphatic heterocycles. The SMILES string of the molecule is CCNC1CCN(CCS(=O)(=O)C(C)(C)C)CC1. The lowest BCUT2D eigenvalue weighted by Crippen LogP contribution is -2.44. The van der Waals surface area contributed by atoms with Crippen LogP contribution in [0, 0.1) is 0 Å². The third kappa shape index (κ3) is 4.52. The zero-order chi connectivity index (χ0) is 13.8. The summed E-state index contributed by atoms with van der Waals surface area (Å²) in [5, 5.41) is 3.46. The molecule has 0 spiro atoms. The van der Waals surface area contributed by atoms with E-state index in [2.05, 4.69) is 17.1 Å². The van der Waals surface area contributed by atoms with Gasteiger partial charge < -0.3 is 10.2 Å². The molecule has 0 radical (unpaired) electrons. The van der Waals surface area contributed by atoms with Gasteiger partial charge in [-0.15, -0.1) is 0 Å². The topological polar surface area (TPSA) is 49.4 Å². The maximum absolute atomic E-state index is 12.0. The lowest BCUT2D eigenvalue weighted by Gasteiger charge is -2.32. The van der Waals surface area contributed by atoms with Crippen molar-refractivity contribution >= 4 is 9.84 Å². The predicted octanol–water partition coefficient (Wildman–Crippen LogP) is 1.27. The Balaban J connectivity index is 2.35. The van der Waals surface area contributed by atoms with E-state index in [1.54, 1.807) is 20.8 Å². The van der Waals surface area contributed by atoms with Crippen molar-refractivity contribution in [2.45, 2.75) is 51.3 Å². The Hall–Kier alpha value is -0.130. The van der Waals surface area contributed by atoms with Crippen LogP contribution in [-0.4, -0.2) is 56.0 Å². The summed E-state index contributed by atoms with van der Waals surface area (Å²) in [6.45, 7) is 11.2. The third-order valence-electron chi connectivity index (χ3n) is 3.69. The van der Waals surface area contributed by atoms with Crippen LogP contribution in [-0.2, 0) is 9.84 Å². The number of hydrogen-bond acceptors (Lipinski definition) is 4. The van der Waals surface area contributed by atoms with Gasteiger partial charge in [0.2, 0.25) is 0 Å². The number of piperidine rings is 1. The average molecular weight is 276 g/mol. The number of nitrogens with one attached hydrogen (secondary N) is 1. The summed E-state index contributed by atoms with van der Waals surface area (Å²) < 4.78 is 23.4. The Morgan fingerprint density at radius 3 is 2.22 bits per heavy atom. The molecule has 1 heterocycles. The van der Waals surface area contributed by atoms with E-state index in [1.807, 2.05) is 0 Å². The highest BCUT2D eigenvalue weighted by Gasteiger charge is 2.29. The van der Waals surface area contributed by atoms with Crippen LogP contribution >= 0.6 is 0 Å². The van der Waals surface area contributed by atoms with Gasteiger partial charge in [-0.05, 0) is 53.2 Å². The Bertz CT molecular complexity index is 338. The molecular weight excluding hydrogens is 248 g/mol. The van der Waals surface area contributed by atoms with Gasteiger partial charge in [0.05, 0.1) is 10.5 Å². The van der Waals surface area contributed by atoms with Crippen LogP contribution in [0.25, 0.3) is 0 Å². The molecule has 0 bridgehead atoms. The summed E-state index contributed by atoms with van der Waals surface area (Å²) in [7, 11) is -2.98. The predicted molar refractivity (Wildman–Crippen MR) is 76.7 cm³/mol. The van der Waals surface area contributed by atoms with Crippen molar-refractivity contribution < 1.29 is 8.42 Å². The van der Waals surface area contributed by atoms with Crippen molar-refractivity contribution in [3.05, 3.63) is 0 Å². The molecule has 108 valence electrons. The largest absolute Gasteiger partial charge is 0.314 e. The number of hydrogen-bond donors (Lipinski definition) is 1. The molecule has 4 nitrogen and oxygen atoms in total. The highest BCUT2D eigenvalue weighted by molar-refractivity contribution is 7.92. The average Bonchev–Trinajstić information content (AvgIpc) is 2.27. The van der Waals surface area contributed by atoms with Crippen LogP contribution in [0.3, 0.4) is 0 Å². The second-order valence-electron chi connectivity index (χ2n) is 6.10. The van der Waals surface area contributed by atoms with Crippen molar-refractivity contribution in [3.63, 3.8) is 0 Å². The van der Waals surface area contributed by atoms with E-state index < -0.39 is 14.6 Å². The summed E-state index contributed by atoms with van der Waals surface area (Å²) >= 11 is 0. The molecule has 0 aliphatic carbocycles. The summed E-state index contributed by atoms with van der Waals surface area (Å²) in [4.78, 5) is 2.27. The molecule has 1 saturated heterocycles. The highest BCUT2D eigenvalue weighted by Crippen LogP contribution is 2.17. The van der Waals surface area contributed by atoms with Gasteiger partial charge in [-0.1, -0.05) is 6.92 Å². The minimum atomic E-state index is -2.98. The second kappa shape index (κ2) is 6.35. The van der Waals surface area contributed by atoms with Gasteiger partial charge in [-0.3, -0.25) is 0 Å². The van der Waals surface area contributed by atoms with Crippen LogP contribution in [0.4, 0.5) is 0 Å². The summed E-state index contributed by atoms with van der Waals surface area (Å²) in [5.74, 6) is 0.280. The van der Waals surface area contributed by atoms with Crippen molar-refractivity contribution in [1.29, 1.82) is 0 Å². The molecule has 0 aromatic carbocycles. The van der Waals surface area contributed by atoms with Crippen molar-refractivity contribution in [3.8, 4) is 0 Å². The van der Waals surface area contributed by atoms with Gasteiger partial charge in [0, 0.05) is 12.6 Å². The quantitative estimate of drug-likeness (QED) is 0.822. The molecule has 18 heavy (non-hydrogen) atoms. The van der Waals surface area contributed by atoms with E-state index >= 15 is 0 Å². The van der Waals surface area contributed by atoms with E-state index in [4.69, 9.17) is 0 Å². The molecular formula is C13H28N2O2S. The smallest absolute Gasteiger partial charge is 0.156 e. The maximum atomic E-state index is 12.0. The van der Waals surface area contributed by atoms with Crippen LogP contribution in [0.1, 0.15) is 40.5 Å². The molecule has 5 heteroatoms. The fourth-order valence-corrected chi connectivity index (χ4v) is 3.32. The maximum Gasteiger partial charge on any atom is 0.156 e. The summed E-state index contributed by atoms with van der Waals surface area (Å²) in [6.07, 6.45) is 2.26. The fourth-order valence-electron chi connectivity index (χ4n) is 2.20. The van der Waals surface area contributed by atoms with Crippen LogP contribution in [0.2, 0.25) is 0 Å². The Morgan fingerprint density at radius 1 is 1.22 bits per heavy atom. The van der Waals surface area contributed by atoms with Gasteiger partial charge >= 0.3 is 0 Å². The molecule has 0 amide bonds. The standard InChI is InChI=1S/C13H28N2O2S/c1-5-14-12-6-8-15(9-7-12)10-11-18(16,17)13(2,3)4/h12,14H,5-11H2,1-4H3. The van der Waals surface area contributed by atoms with Gasteiger partial charge in [0.25, 0.3) is 0 Å². The van der Waals surface area contributed by atoms with Crippen LogP contribution < -0.4 is 5.32 Å². The van der Waals surface area contributed by atoms with Crippen LogP contribution in [0.5, 0.6) is 0 Å². The molecule has 0 atom stereocenters. The molecule has 0 unspecified atom stereocenters. The Morgan fingerprint density at radius 2 is 1.78 bits per heavy atom. The van der Waals surface area contributed by atoms with E-state index in [-0.39, 0.29) is 5.75 Å². The Labute approximate surface area is 112 Å². The minimum absolute atomic E-state index is 0.280. The van der Waals surface area contributed by atoms with E-state index in [1.165, 1.54) is 0 Å². The number of likely N-dealkylation sites (tertiary alicyclic amines) is 1. The van der Waals surface area contributed by atoms with E-state index in [0.29, 0.717) is 12.6 Å². The van der Waals surface area contributed by atoms with Crippen molar-refractivity contribution in [2.75, 3.05) is 31.9 Å². The number of rotatable bonds is 5. The van der Waals surface area contributed by atoms with Gasteiger partial charge in [0.1, 0.15) is 0 Å². The molecule has 1 N–H and O–H groups in total.